The molecule has 0 atom stereocenters. The Labute approximate surface area is 130 Å². The highest BCUT2D eigenvalue weighted by Crippen LogP contribution is 2.22. The van der Waals surface area contributed by atoms with E-state index in [4.69, 9.17) is 4.74 Å². The van der Waals surface area contributed by atoms with Crippen LogP contribution in [0.5, 0.6) is 5.75 Å². The van der Waals surface area contributed by atoms with Crippen LogP contribution in [0.15, 0.2) is 32.9 Å². The van der Waals surface area contributed by atoms with E-state index in [0.29, 0.717) is 17.5 Å². The van der Waals surface area contributed by atoms with Crippen molar-refractivity contribution in [2.24, 2.45) is 10.2 Å². The molecule has 1 N–H and O–H groups in total. The fourth-order valence-corrected chi connectivity index (χ4v) is 2.50. The van der Waals surface area contributed by atoms with Crippen LogP contribution < -0.4 is 10.1 Å². The molecule has 0 unspecified atom stereocenters. The van der Waals surface area contributed by atoms with Gasteiger partial charge in [-0.15, -0.1) is 5.10 Å². The van der Waals surface area contributed by atoms with Gasteiger partial charge in [-0.1, -0.05) is 34.6 Å². The van der Waals surface area contributed by atoms with Gasteiger partial charge in [0.25, 0.3) is 0 Å². The summed E-state index contributed by atoms with van der Waals surface area (Å²) in [7, 11) is 0. The van der Waals surface area contributed by atoms with Crippen LogP contribution in [0.2, 0.25) is 0 Å². The topological polar surface area (TPSA) is 63.1 Å². The number of halogens is 1. The van der Waals surface area contributed by atoms with Crippen molar-refractivity contribution in [3.8, 4) is 5.75 Å². The standard InChI is InChI=1S/C13H14BrN3O2S/c1-2-5-19-11-4-3-10(14)6-9(11)7-15-17-13-16-12(18)8-20-13/h3-4,6-7H,2,5,8H2,1H3,(H,16,17,18). The number of amides is 1. The smallest absolute Gasteiger partial charge is 0.236 e. The second kappa shape index (κ2) is 7.44. The van der Waals surface area contributed by atoms with Gasteiger partial charge in [0, 0.05) is 10.0 Å². The van der Waals surface area contributed by atoms with Crippen LogP contribution in [0.25, 0.3) is 0 Å². The van der Waals surface area contributed by atoms with Gasteiger partial charge in [0.2, 0.25) is 5.91 Å². The summed E-state index contributed by atoms with van der Waals surface area (Å²) < 4.78 is 6.59. The number of nitrogens with zero attached hydrogens (tertiary/aromatic N) is 2. The molecule has 1 heterocycles. The number of nitrogens with one attached hydrogen (secondary N) is 1. The molecule has 0 spiro atoms. The Hall–Kier alpha value is -1.34. The summed E-state index contributed by atoms with van der Waals surface area (Å²) in [6.45, 7) is 2.71. The molecule has 0 aromatic heterocycles. The van der Waals surface area contributed by atoms with Crippen LogP contribution in [0.4, 0.5) is 0 Å². The zero-order valence-corrected chi connectivity index (χ0v) is 13.3. The van der Waals surface area contributed by atoms with E-state index in [1.165, 1.54) is 11.8 Å². The molecule has 1 aromatic rings. The second-order valence-corrected chi connectivity index (χ2v) is 5.90. The van der Waals surface area contributed by atoms with Gasteiger partial charge in [-0.05, 0) is 24.6 Å². The SMILES string of the molecule is CCCOc1ccc(Br)cc1C=NN=C1NC(=O)CS1. The van der Waals surface area contributed by atoms with Gasteiger partial charge in [-0.25, -0.2) is 0 Å². The average Bonchev–Trinajstić information content (AvgIpc) is 2.84. The van der Waals surface area contributed by atoms with Gasteiger partial charge in [-0.2, -0.15) is 5.10 Å². The highest BCUT2D eigenvalue weighted by Gasteiger charge is 2.15. The Morgan fingerprint density at radius 1 is 1.55 bits per heavy atom. The van der Waals surface area contributed by atoms with Gasteiger partial charge in [0.1, 0.15) is 5.75 Å². The molecule has 1 aliphatic rings. The predicted molar refractivity (Wildman–Crippen MR) is 85.6 cm³/mol. The lowest BCUT2D eigenvalue weighted by atomic mass is 10.2. The zero-order valence-electron chi connectivity index (χ0n) is 10.9. The fraction of sp³-hybridized carbons (Fsp3) is 0.308. The minimum Gasteiger partial charge on any atom is -0.493 e. The molecule has 2 rings (SSSR count). The molecule has 20 heavy (non-hydrogen) atoms. The molecule has 0 aliphatic carbocycles. The molecule has 0 saturated carbocycles. The van der Waals surface area contributed by atoms with E-state index in [0.717, 1.165) is 22.2 Å². The van der Waals surface area contributed by atoms with E-state index in [-0.39, 0.29) is 5.91 Å². The molecule has 106 valence electrons. The van der Waals surface area contributed by atoms with Crippen LogP contribution >= 0.6 is 27.7 Å². The molecule has 1 aliphatic heterocycles. The summed E-state index contributed by atoms with van der Waals surface area (Å²) >= 11 is 4.76. The predicted octanol–water partition coefficient (Wildman–Crippen LogP) is 2.79. The molecular weight excluding hydrogens is 342 g/mol. The molecule has 1 saturated heterocycles. The maximum absolute atomic E-state index is 11.0. The van der Waals surface area contributed by atoms with Crippen LogP contribution in [0.1, 0.15) is 18.9 Å². The lowest BCUT2D eigenvalue weighted by Gasteiger charge is -2.07. The van der Waals surface area contributed by atoms with Crippen molar-refractivity contribution in [1.29, 1.82) is 0 Å². The first-order chi connectivity index (χ1) is 9.69. The van der Waals surface area contributed by atoms with Crippen molar-refractivity contribution < 1.29 is 9.53 Å². The van der Waals surface area contributed by atoms with E-state index in [1.54, 1.807) is 6.21 Å². The van der Waals surface area contributed by atoms with Crippen LogP contribution in [0, 0.1) is 0 Å². The first-order valence-corrected chi connectivity index (χ1v) is 7.93. The average molecular weight is 356 g/mol. The zero-order chi connectivity index (χ0) is 14.4. The summed E-state index contributed by atoms with van der Waals surface area (Å²) in [5, 5.41) is 11.1. The summed E-state index contributed by atoms with van der Waals surface area (Å²) in [6.07, 6.45) is 2.56. The molecule has 0 radical (unpaired) electrons. The van der Waals surface area contributed by atoms with Crippen molar-refractivity contribution in [2.75, 3.05) is 12.4 Å². The fourth-order valence-electron chi connectivity index (χ4n) is 1.49. The Balaban J connectivity index is 2.10. The first kappa shape index (κ1) is 15.1. The third kappa shape index (κ3) is 4.35. The molecule has 1 fully saturated rings. The van der Waals surface area contributed by atoms with Gasteiger partial charge in [0.05, 0.1) is 18.6 Å². The van der Waals surface area contributed by atoms with Gasteiger partial charge in [0.15, 0.2) is 5.17 Å². The van der Waals surface area contributed by atoms with Crippen molar-refractivity contribution in [3.05, 3.63) is 28.2 Å². The van der Waals surface area contributed by atoms with E-state index >= 15 is 0 Å². The molecule has 0 bridgehead atoms. The quantitative estimate of drug-likeness (QED) is 0.652. The van der Waals surface area contributed by atoms with E-state index in [9.17, 15) is 4.79 Å². The number of ether oxygens (including phenoxy) is 1. The lowest BCUT2D eigenvalue weighted by Crippen LogP contribution is -2.19. The minimum atomic E-state index is -0.0432. The molecule has 1 amide bonds. The van der Waals surface area contributed by atoms with Crippen molar-refractivity contribution >= 4 is 45.0 Å². The van der Waals surface area contributed by atoms with Crippen molar-refractivity contribution in [2.45, 2.75) is 13.3 Å². The van der Waals surface area contributed by atoms with Crippen LogP contribution in [0.3, 0.4) is 0 Å². The van der Waals surface area contributed by atoms with Crippen molar-refractivity contribution in [1.82, 2.24) is 5.32 Å². The van der Waals surface area contributed by atoms with Gasteiger partial charge < -0.3 is 10.1 Å². The van der Waals surface area contributed by atoms with E-state index in [1.807, 2.05) is 18.2 Å². The number of rotatable bonds is 5. The molecule has 5 nitrogen and oxygen atoms in total. The second-order valence-electron chi connectivity index (χ2n) is 4.02. The van der Waals surface area contributed by atoms with Crippen LogP contribution in [-0.2, 0) is 4.79 Å². The third-order valence-electron chi connectivity index (χ3n) is 2.37. The summed E-state index contributed by atoms with van der Waals surface area (Å²) in [4.78, 5) is 11.0. The Morgan fingerprint density at radius 3 is 3.10 bits per heavy atom. The Morgan fingerprint density at radius 2 is 2.40 bits per heavy atom. The number of hydrogen-bond donors (Lipinski definition) is 1. The molecule has 7 heteroatoms. The maximum atomic E-state index is 11.0. The number of benzene rings is 1. The molecule has 1 aromatic carbocycles. The van der Waals surface area contributed by atoms with Gasteiger partial charge in [-0.3, -0.25) is 4.79 Å². The highest BCUT2D eigenvalue weighted by atomic mass is 79.9. The van der Waals surface area contributed by atoms with E-state index < -0.39 is 0 Å². The largest absolute Gasteiger partial charge is 0.493 e. The third-order valence-corrected chi connectivity index (χ3v) is 3.72. The number of thioether (sulfide) groups is 1. The van der Waals surface area contributed by atoms with Crippen LogP contribution in [-0.4, -0.2) is 29.6 Å². The minimum absolute atomic E-state index is 0.0432. The lowest BCUT2D eigenvalue weighted by molar-refractivity contribution is -0.116. The monoisotopic (exact) mass is 355 g/mol. The van der Waals surface area contributed by atoms with Gasteiger partial charge >= 0.3 is 0 Å². The first-order valence-electron chi connectivity index (χ1n) is 6.15. The number of carbonyl (C=O) groups excluding carboxylic acids is 1. The van der Waals surface area contributed by atoms with Crippen molar-refractivity contribution in [3.63, 3.8) is 0 Å². The summed E-state index contributed by atoms with van der Waals surface area (Å²) in [6, 6.07) is 5.72. The Kier molecular flexibility index (Phi) is 5.60. The summed E-state index contributed by atoms with van der Waals surface area (Å²) in [5.41, 5.74) is 0.839. The Bertz CT molecular complexity index is 561. The number of hydrogen-bond acceptors (Lipinski definition) is 5. The number of amidine groups is 1. The maximum Gasteiger partial charge on any atom is 0.236 e. The normalized spacial score (nSPS) is 16.9. The highest BCUT2D eigenvalue weighted by molar-refractivity contribution is 9.10. The van der Waals surface area contributed by atoms with E-state index in [2.05, 4.69) is 38.4 Å². The molecular formula is C13H14BrN3O2S. The number of carbonyl (C=O) groups is 1. The summed E-state index contributed by atoms with van der Waals surface area (Å²) in [5.74, 6) is 1.12.